The number of anilines is 2. The summed E-state index contributed by atoms with van der Waals surface area (Å²) in [6.07, 6.45) is 0. The maximum absolute atomic E-state index is 12.5. The van der Waals surface area contributed by atoms with Gasteiger partial charge in [0.2, 0.25) is 5.95 Å². The highest BCUT2D eigenvalue weighted by molar-refractivity contribution is 5.93. The number of nitrogens with one attached hydrogen (secondary N) is 2. The lowest BCUT2D eigenvalue weighted by Gasteiger charge is -2.10. The molecule has 0 spiro atoms. The Morgan fingerprint density at radius 1 is 1.00 bits per heavy atom. The van der Waals surface area contributed by atoms with Gasteiger partial charge in [0.15, 0.2) is 0 Å². The first kappa shape index (κ1) is 19.0. The number of carbonyl (C=O) groups excluding carboxylic acids is 2. The molecular weight excluding hydrogens is 356 g/mol. The number of amides is 1. The molecule has 0 saturated heterocycles. The maximum Gasteiger partial charge on any atom is 0.337 e. The van der Waals surface area contributed by atoms with E-state index < -0.39 is 5.97 Å². The minimum Gasteiger partial charge on any atom is -0.465 e. The number of aryl methyl sites for hydroxylation is 1. The molecule has 0 bridgehead atoms. The van der Waals surface area contributed by atoms with E-state index in [1.165, 1.54) is 7.11 Å². The lowest BCUT2D eigenvalue weighted by atomic mass is 10.2. The molecule has 142 valence electrons. The van der Waals surface area contributed by atoms with Gasteiger partial charge < -0.3 is 15.4 Å². The van der Waals surface area contributed by atoms with Crippen molar-refractivity contribution in [2.75, 3.05) is 12.4 Å². The quantitative estimate of drug-likeness (QED) is 0.642. The lowest BCUT2D eigenvalue weighted by molar-refractivity contribution is 0.0600. The van der Waals surface area contributed by atoms with Crippen LogP contribution in [0.3, 0.4) is 0 Å². The van der Waals surface area contributed by atoms with Gasteiger partial charge in [-0.15, -0.1) is 0 Å². The van der Waals surface area contributed by atoms with Crippen molar-refractivity contribution in [1.29, 1.82) is 0 Å². The molecular formula is C21H20N4O3. The van der Waals surface area contributed by atoms with Crippen LogP contribution in [0.4, 0.5) is 11.6 Å². The second-order valence-corrected chi connectivity index (χ2v) is 6.08. The summed E-state index contributed by atoms with van der Waals surface area (Å²) < 4.78 is 4.72. The Labute approximate surface area is 162 Å². The van der Waals surface area contributed by atoms with Crippen LogP contribution in [-0.2, 0) is 11.3 Å². The summed E-state index contributed by atoms with van der Waals surface area (Å²) in [7, 11) is 1.33. The van der Waals surface area contributed by atoms with Crippen LogP contribution in [0.25, 0.3) is 0 Å². The van der Waals surface area contributed by atoms with Crippen LogP contribution in [-0.4, -0.2) is 29.0 Å². The third-order valence-electron chi connectivity index (χ3n) is 3.92. The maximum atomic E-state index is 12.5. The Bertz CT molecular complexity index is 990. The second-order valence-electron chi connectivity index (χ2n) is 6.08. The molecule has 0 saturated carbocycles. The van der Waals surface area contributed by atoms with Gasteiger partial charge in [0, 0.05) is 17.9 Å². The number of aromatic nitrogens is 2. The molecule has 0 aliphatic rings. The van der Waals surface area contributed by atoms with E-state index in [2.05, 4.69) is 20.6 Å². The number of esters is 1. The van der Waals surface area contributed by atoms with Crippen LogP contribution in [0.1, 0.15) is 32.1 Å². The smallest absolute Gasteiger partial charge is 0.337 e. The third-order valence-corrected chi connectivity index (χ3v) is 3.92. The number of nitrogens with zero attached hydrogens (tertiary/aromatic N) is 2. The molecule has 1 heterocycles. The average molecular weight is 376 g/mol. The summed E-state index contributed by atoms with van der Waals surface area (Å²) in [4.78, 5) is 32.7. The van der Waals surface area contributed by atoms with Gasteiger partial charge in [-0.25, -0.2) is 14.8 Å². The highest BCUT2D eigenvalue weighted by atomic mass is 16.5. The van der Waals surface area contributed by atoms with Gasteiger partial charge in [-0.3, -0.25) is 4.79 Å². The van der Waals surface area contributed by atoms with Gasteiger partial charge in [0.25, 0.3) is 5.91 Å². The molecule has 2 N–H and O–H groups in total. The van der Waals surface area contributed by atoms with E-state index in [1.54, 1.807) is 37.3 Å². The van der Waals surface area contributed by atoms with Gasteiger partial charge in [-0.05, 0) is 36.8 Å². The summed E-state index contributed by atoms with van der Waals surface area (Å²) in [6.45, 7) is 2.19. The van der Waals surface area contributed by atoms with Gasteiger partial charge in [-0.2, -0.15) is 0 Å². The molecule has 0 atom stereocenters. The van der Waals surface area contributed by atoms with Crippen molar-refractivity contribution in [3.63, 3.8) is 0 Å². The minimum atomic E-state index is -0.435. The van der Waals surface area contributed by atoms with E-state index in [0.29, 0.717) is 23.5 Å². The van der Waals surface area contributed by atoms with Gasteiger partial charge in [0.1, 0.15) is 5.69 Å². The fourth-order valence-electron chi connectivity index (χ4n) is 2.58. The number of rotatable bonds is 6. The van der Waals surface area contributed by atoms with Crippen LogP contribution in [0.2, 0.25) is 0 Å². The SMILES string of the molecule is COC(=O)c1cccc(Nc2nc(C)cc(C(=O)NCc3ccccc3)n2)c1. The zero-order chi connectivity index (χ0) is 19.9. The van der Waals surface area contributed by atoms with Crippen LogP contribution >= 0.6 is 0 Å². The lowest BCUT2D eigenvalue weighted by Crippen LogP contribution is -2.24. The summed E-state index contributed by atoms with van der Waals surface area (Å²) in [5, 5.41) is 5.87. The number of methoxy groups -OCH3 is 1. The van der Waals surface area contributed by atoms with Crippen molar-refractivity contribution >= 4 is 23.5 Å². The third kappa shape index (κ3) is 4.91. The predicted octanol–water partition coefficient (Wildman–Crippen LogP) is 3.25. The van der Waals surface area contributed by atoms with Crippen molar-refractivity contribution in [1.82, 2.24) is 15.3 Å². The second kappa shape index (κ2) is 8.77. The molecule has 2 aromatic carbocycles. The van der Waals surface area contributed by atoms with Crippen LogP contribution in [0, 0.1) is 6.92 Å². The molecule has 1 amide bonds. The van der Waals surface area contributed by atoms with Crippen LogP contribution < -0.4 is 10.6 Å². The average Bonchev–Trinajstić information content (AvgIpc) is 2.72. The zero-order valence-corrected chi connectivity index (χ0v) is 15.6. The first-order valence-electron chi connectivity index (χ1n) is 8.68. The normalized spacial score (nSPS) is 10.2. The molecule has 28 heavy (non-hydrogen) atoms. The molecule has 0 aliphatic carbocycles. The van der Waals surface area contributed by atoms with Crippen LogP contribution in [0.15, 0.2) is 60.7 Å². The Kier molecular flexibility index (Phi) is 5.96. The van der Waals surface area contributed by atoms with E-state index >= 15 is 0 Å². The fraction of sp³-hybridized carbons (Fsp3) is 0.143. The number of hydrogen-bond acceptors (Lipinski definition) is 6. The number of ether oxygens (including phenoxy) is 1. The Morgan fingerprint density at radius 2 is 1.79 bits per heavy atom. The molecule has 3 aromatic rings. The van der Waals surface area contributed by atoms with E-state index in [1.807, 2.05) is 30.3 Å². The standard InChI is InChI=1S/C21H20N4O3/c1-14-11-18(19(26)22-13-15-7-4-3-5-8-15)25-21(23-14)24-17-10-6-9-16(12-17)20(27)28-2/h3-12H,13H2,1-2H3,(H,22,26)(H,23,24,25). The summed E-state index contributed by atoms with van der Waals surface area (Å²) in [5.74, 6) is -0.456. The van der Waals surface area contributed by atoms with Gasteiger partial charge in [0.05, 0.1) is 12.7 Å². The molecule has 3 rings (SSSR count). The van der Waals surface area contributed by atoms with Crippen molar-refractivity contribution in [2.24, 2.45) is 0 Å². The van der Waals surface area contributed by atoms with Gasteiger partial charge in [-0.1, -0.05) is 36.4 Å². The predicted molar refractivity (Wildman–Crippen MR) is 105 cm³/mol. The van der Waals surface area contributed by atoms with Crippen molar-refractivity contribution in [3.05, 3.63) is 83.2 Å². The largest absolute Gasteiger partial charge is 0.465 e. The van der Waals surface area contributed by atoms with Crippen molar-refractivity contribution in [2.45, 2.75) is 13.5 Å². The molecule has 7 heteroatoms. The molecule has 0 unspecified atom stereocenters. The molecule has 7 nitrogen and oxygen atoms in total. The minimum absolute atomic E-state index is 0.259. The van der Waals surface area contributed by atoms with Crippen LogP contribution in [0.5, 0.6) is 0 Å². The summed E-state index contributed by atoms with van der Waals surface area (Å²) in [6, 6.07) is 18.0. The Balaban J connectivity index is 1.74. The summed E-state index contributed by atoms with van der Waals surface area (Å²) >= 11 is 0. The molecule has 0 fully saturated rings. The first-order valence-corrected chi connectivity index (χ1v) is 8.68. The fourth-order valence-corrected chi connectivity index (χ4v) is 2.58. The highest BCUT2D eigenvalue weighted by Gasteiger charge is 2.12. The van der Waals surface area contributed by atoms with E-state index in [0.717, 1.165) is 5.56 Å². The van der Waals surface area contributed by atoms with E-state index in [9.17, 15) is 9.59 Å². The molecule has 1 aromatic heterocycles. The Morgan fingerprint density at radius 3 is 2.54 bits per heavy atom. The molecule has 0 radical (unpaired) electrons. The molecule has 0 aliphatic heterocycles. The number of carbonyl (C=O) groups is 2. The van der Waals surface area contributed by atoms with E-state index in [-0.39, 0.29) is 17.5 Å². The first-order chi connectivity index (χ1) is 13.5. The topological polar surface area (TPSA) is 93.2 Å². The summed E-state index contributed by atoms with van der Waals surface area (Å²) in [5.41, 5.74) is 2.92. The highest BCUT2D eigenvalue weighted by Crippen LogP contribution is 2.16. The van der Waals surface area contributed by atoms with Crippen molar-refractivity contribution in [3.8, 4) is 0 Å². The monoisotopic (exact) mass is 376 g/mol. The number of benzene rings is 2. The Hall–Kier alpha value is -3.74. The zero-order valence-electron chi connectivity index (χ0n) is 15.6. The number of hydrogen-bond donors (Lipinski definition) is 2. The van der Waals surface area contributed by atoms with E-state index in [4.69, 9.17) is 4.74 Å². The van der Waals surface area contributed by atoms with Gasteiger partial charge >= 0.3 is 5.97 Å². The van der Waals surface area contributed by atoms with Crippen molar-refractivity contribution < 1.29 is 14.3 Å².